The van der Waals surface area contributed by atoms with E-state index in [0.717, 1.165) is 17.2 Å². The second-order valence-electron chi connectivity index (χ2n) is 9.47. The van der Waals surface area contributed by atoms with Gasteiger partial charge >= 0.3 is 6.03 Å². The van der Waals surface area contributed by atoms with E-state index in [1.807, 2.05) is 36.4 Å². The number of urea groups is 1. The summed E-state index contributed by atoms with van der Waals surface area (Å²) in [5, 5.41) is 13.3. The van der Waals surface area contributed by atoms with Crippen LogP contribution < -0.4 is 24.4 Å². The number of hydrogen-bond donors (Lipinski definition) is 1. The predicted molar refractivity (Wildman–Crippen MR) is 164 cm³/mol. The standard InChI is InChI=1S/C32H24BrN3O8/c1-42-29-14-21(10-12-28(29)44-18-20-6-3-2-4-7-20)19-43-27-13-11-23(33)15-22(27)16-26-30(37)34-32(39)35(31(26)38)24-8-5-9-25(17-24)36(40)41/h2-17H,18-19H2,1H3,(H,34,37,39)/b26-16-. The number of methoxy groups -OCH3 is 1. The molecule has 0 unspecified atom stereocenters. The van der Waals surface area contributed by atoms with E-state index >= 15 is 0 Å². The number of anilines is 1. The van der Waals surface area contributed by atoms with Crippen LogP contribution in [-0.4, -0.2) is 29.9 Å². The number of ether oxygens (including phenoxy) is 3. The summed E-state index contributed by atoms with van der Waals surface area (Å²) in [6.07, 6.45) is 1.30. The fourth-order valence-corrected chi connectivity index (χ4v) is 4.75. The van der Waals surface area contributed by atoms with Gasteiger partial charge in [-0.3, -0.25) is 25.0 Å². The Morgan fingerprint density at radius 1 is 0.841 bits per heavy atom. The minimum absolute atomic E-state index is 0.0593. The van der Waals surface area contributed by atoms with Crippen LogP contribution in [0.4, 0.5) is 16.2 Å². The predicted octanol–water partition coefficient (Wildman–Crippen LogP) is 6.19. The van der Waals surface area contributed by atoms with Crippen LogP contribution in [0, 0.1) is 10.1 Å². The number of amides is 4. The highest BCUT2D eigenvalue weighted by molar-refractivity contribution is 9.10. The number of non-ortho nitro benzene ring substituents is 1. The first kappa shape index (κ1) is 30.0. The number of benzene rings is 4. The minimum Gasteiger partial charge on any atom is -0.493 e. The fourth-order valence-electron chi connectivity index (χ4n) is 4.37. The zero-order valence-electron chi connectivity index (χ0n) is 23.2. The molecule has 4 aromatic rings. The number of hydrogen-bond acceptors (Lipinski definition) is 8. The Morgan fingerprint density at radius 2 is 1.57 bits per heavy atom. The molecule has 0 bridgehead atoms. The molecule has 1 fully saturated rings. The Kier molecular flexibility index (Phi) is 9.01. The minimum atomic E-state index is -1.02. The van der Waals surface area contributed by atoms with Crippen molar-refractivity contribution >= 4 is 51.2 Å². The molecule has 1 saturated heterocycles. The number of halogens is 1. The quantitative estimate of drug-likeness (QED) is 0.0922. The average Bonchev–Trinajstić information content (AvgIpc) is 3.02. The molecule has 0 saturated carbocycles. The molecule has 4 aromatic carbocycles. The highest BCUT2D eigenvalue weighted by atomic mass is 79.9. The maximum absolute atomic E-state index is 13.4. The lowest BCUT2D eigenvalue weighted by Gasteiger charge is -2.26. The second-order valence-corrected chi connectivity index (χ2v) is 10.4. The summed E-state index contributed by atoms with van der Waals surface area (Å²) in [5.74, 6) is -0.415. The highest BCUT2D eigenvalue weighted by Gasteiger charge is 2.37. The van der Waals surface area contributed by atoms with E-state index in [2.05, 4.69) is 21.2 Å². The van der Waals surface area contributed by atoms with E-state index in [9.17, 15) is 24.5 Å². The van der Waals surface area contributed by atoms with Gasteiger partial charge in [-0.05, 0) is 53.6 Å². The Balaban J connectivity index is 1.37. The molecular weight excluding hydrogens is 634 g/mol. The molecule has 0 atom stereocenters. The van der Waals surface area contributed by atoms with Crippen LogP contribution in [-0.2, 0) is 22.8 Å². The Hall–Kier alpha value is -5.49. The van der Waals surface area contributed by atoms with Crippen molar-refractivity contribution < 1.29 is 33.5 Å². The van der Waals surface area contributed by atoms with Gasteiger partial charge in [0.2, 0.25) is 0 Å². The number of imide groups is 2. The zero-order chi connectivity index (χ0) is 31.2. The van der Waals surface area contributed by atoms with Crippen molar-refractivity contribution in [1.82, 2.24) is 5.32 Å². The molecule has 1 aliphatic heterocycles. The number of nitrogens with zero attached hydrogens (tertiary/aromatic N) is 2. The van der Waals surface area contributed by atoms with Crippen molar-refractivity contribution in [3.63, 3.8) is 0 Å². The SMILES string of the molecule is COc1cc(COc2ccc(Br)cc2/C=C2/C(=O)NC(=O)N(c3cccc([N+](=O)[O-])c3)C2=O)ccc1OCc1ccccc1. The second kappa shape index (κ2) is 13.2. The zero-order valence-corrected chi connectivity index (χ0v) is 24.8. The lowest BCUT2D eigenvalue weighted by atomic mass is 10.1. The monoisotopic (exact) mass is 657 g/mol. The maximum atomic E-state index is 13.4. The Bertz CT molecular complexity index is 1790. The summed E-state index contributed by atoms with van der Waals surface area (Å²) < 4.78 is 18.2. The summed E-state index contributed by atoms with van der Waals surface area (Å²) in [4.78, 5) is 50.0. The third-order valence-corrected chi connectivity index (χ3v) is 7.02. The summed E-state index contributed by atoms with van der Waals surface area (Å²) >= 11 is 3.40. The number of nitro groups is 1. The van der Waals surface area contributed by atoms with E-state index in [1.165, 1.54) is 24.3 Å². The average molecular weight is 658 g/mol. The summed E-state index contributed by atoms with van der Waals surface area (Å²) in [6.45, 7) is 0.492. The van der Waals surface area contributed by atoms with Crippen molar-refractivity contribution in [2.75, 3.05) is 12.0 Å². The van der Waals surface area contributed by atoms with Crippen molar-refractivity contribution in [2.24, 2.45) is 0 Å². The molecule has 0 aliphatic carbocycles. The molecule has 0 aromatic heterocycles. The smallest absolute Gasteiger partial charge is 0.335 e. The normalized spacial score (nSPS) is 13.9. The maximum Gasteiger partial charge on any atom is 0.335 e. The molecular formula is C32H24BrN3O8. The van der Waals surface area contributed by atoms with Gasteiger partial charge < -0.3 is 14.2 Å². The van der Waals surface area contributed by atoms with Gasteiger partial charge in [0.1, 0.15) is 24.5 Å². The van der Waals surface area contributed by atoms with Crippen LogP contribution in [0.15, 0.2) is 101 Å². The first-order valence-electron chi connectivity index (χ1n) is 13.2. The molecule has 222 valence electrons. The molecule has 44 heavy (non-hydrogen) atoms. The lowest BCUT2D eigenvalue weighted by Crippen LogP contribution is -2.54. The number of nitrogens with one attached hydrogen (secondary N) is 1. The first-order valence-corrected chi connectivity index (χ1v) is 13.9. The number of carbonyl (C=O) groups excluding carboxylic acids is 3. The molecule has 12 heteroatoms. The van der Waals surface area contributed by atoms with Crippen molar-refractivity contribution in [3.8, 4) is 17.2 Å². The van der Waals surface area contributed by atoms with Gasteiger partial charge in [-0.1, -0.05) is 58.4 Å². The highest BCUT2D eigenvalue weighted by Crippen LogP contribution is 2.32. The third-order valence-electron chi connectivity index (χ3n) is 6.53. The van der Waals surface area contributed by atoms with Crippen LogP contribution >= 0.6 is 15.9 Å². The van der Waals surface area contributed by atoms with Crippen LogP contribution in [0.1, 0.15) is 16.7 Å². The topological polar surface area (TPSA) is 137 Å². The van der Waals surface area contributed by atoms with Crippen LogP contribution in [0.2, 0.25) is 0 Å². The third kappa shape index (κ3) is 6.76. The van der Waals surface area contributed by atoms with Gasteiger partial charge in [-0.2, -0.15) is 0 Å². The molecule has 0 radical (unpaired) electrons. The van der Waals surface area contributed by atoms with Crippen LogP contribution in [0.5, 0.6) is 17.2 Å². The molecule has 0 spiro atoms. The Morgan fingerprint density at radius 3 is 2.32 bits per heavy atom. The fraction of sp³-hybridized carbons (Fsp3) is 0.0938. The number of nitro benzene ring substituents is 1. The van der Waals surface area contributed by atoms with Crippen LogP contribution in [0.25, 0.3) is 6.08 Å². The van der Waals surface area contributed by atoms with Crippen molar-refractivity contribution in [1.29, 1.82) is 0 Å². The van der Waals surface area contributed by atoms with E-state index in [4.69, 9.17) is 14.2 Å². The lowest BCUT2D eigenvalue weighted by molar-refractivity contribution is -0.384. The van der Waals surface area contributed by atoms with E-state index in [-0.39, 0.29) is 23.6 Å². The molecule has 5 rings (SSSR count). The van der Waals surface area contributed by atoms with Crippen LogP contribution in [0.3, 0.4) is 0 Å². The van der Waals surface area contributed by atoms with Gasteiger partial charge in [0.15, 0.2) is 11.5 Å². The molecule has 1 N–H and O–H groups in total. The molecule has 4 amide bonds. The number of carbonyl (C=O) groups is 3. The van der Waals surface area contributed by atoms with Gasteiger partial charge in [-0.25, -0.2) is 9.69 Å². The van der Waals surface area contributed by atoms with E-state index in [0.29, 0.717) is 38.8 Å². The summed E-state index contributed by atoms with van der Waals surface area (Å²) in [7, 11) is 1.54. The summed E-state index contributed by atoms with van der Waals surface area (Å²) in [6, 6.07) is 24.2. The van der Waals surface area contributed by atoms with E-state index < -0.39 is 22.8 Å². The molecule has 1 heterocycles. The van der Waals surface area contributed by atoms with Gasteiger partial charge in [0, 0.05) is 22.2 Å². The van der Waals surface area contributed by atoms with Crippen molar-refractivity contribution in [2.45, 2.75) is 13.2 Å². The first-order chi connectivity index (χ1) is 21.2. The van der Waals surface area contributed by atoms with Crippen molar-refractivity contribution in [3.05, 3.63) is 128 Å². The molecule has 11 nitrogen and oxygen atoms in total. The van der Waals surface area contributed by atoms with E-state index in [1.54, 1.807) is 37.4 Å². The van der Waals surface area contributed by atoms with Gasteiger partial charge in [0.25, 0.3) is 17.5 Å². The largest absolute Gasteiger partial charge is 0.493 e. The Labute approximate surface area is 259 Å². The number of rotatable bonds is 10. The molecule has 1 aliphatic rings. The number of barbiturate groups is 1. The van der Waals surface area contributed by atoms with Gasteiger partial charge in [-0.15, -0.1) is 0 Å². The van der Waals surface area contributed by atoms with Gasteiger partial charge in [0.05, 0.1) is 17.7 Å². The summed E-state index contributed by atoms with van der Waals surface area (Å²) in [5.41, 5.74) is 1.42.